The minimum absolute atomic E-state index is 0.0160. The number of ether oxygens (including phenoxy) is 2. The highest BCUT2D eigenvalue weighted by atomic mass is 35.5. The second kappa shape index (κ2) is 5.85. The van der Waals surface area contributed by atoms with Gasteiger partial charge >= 0.3 is 5.97 Å². The van der Waals surface area contributed by atoms with E-state index in [4.69, 9.17) is 21.1 Å². The van der Waals surface area contributed by atoms with Gasteiger partial charge in [-0.2, -0.15) is 0 Å². The highest BCUT2D eigenvalue weighted by Crippen LogP contribution is 2.38. The Bertz CT molecular complexity index is 808. The number of benzene rings is 1. The van der Waals surface area contributed by atoms with Gasteiger partial charge in [-0.05, 0) is 17.5 Å². The summed E-state index contributed by atoms with van der Waals surface area (Å²) in [6.07, 6.45) is 1.39. The Hall–Kier alpha value is -2.67. The van der Waals surface area contributed by atoms with E-state index < -0.39 is 4.92 Å². The van der Waals surface area contributed by atoms with E-state index in [1.807, 2.05) is 6.92 Å². The number of fused-ring (bicyclic) bond motifs is 1. The summed E-state index contributed by atoms with van der Waals surface area (Å²) in [5, 5.41) is 10.7. The molecule has 1 atom stereocenters. The summed E-state index contributed by atoms with van der Waals surface area (Å²) in [6.45, 7) is 1.94. The number of hydrogen-bond donors (Lipinski definition) is 0. The Morgan fingerprint density at radius 2 is 2.22 bits per heavy atom. The summed E-state index contributed by atoms with van der Waals surface area (Å²) < 4.78 is 10.7. The van der Waals surface area contributed by atoms with Gasteiger partial charge in [0.1, 0.15) is 22.7 Å². The zero-order valence-electron chi connectivity index (χ0n) is 12.0. The zero-order chi connectivity index (χ0) is 16.6. The summed E-state index contributed by atoms with van der Waals surface area (Å²) in [6, 6.07) is 6.24. The van der Waals surface area contributed by atoms with Gasteiger partial charge in [0.25, 0.3) is 5.69 Å². The van der Waals surface area contributed by atoms with Crippen molar-refractivity contribution in [2.45, 2.75) is 19.3 Å². The number of carbonyl (C=O) groups excluding carboxylic acids is 1. The lowest BCUT2D eigenvalue weighted by Crippen LogP contribution is -2.18. The van der Waals surface area contributed by atoms with Crippen molar-refractivity contribution < 1.29 is 19.2 Å². The third-order valence-electron chi connectivity index (χ3n) is 3.43. The topological polar surface area (TPSA) is 91.6 Å². The molecule has 2 aromatic rings. The van der Waals surface area contributed by atoms with Gasteiger partial charge in [0, 0.05) is 12.1 Å². The van der Waals surface area contributed by atoms with Crippen LogP contribution in [0.1, 0.15) is 24.8 Å². The van der Waals surface area contributed by atoms with Crippen LogP contribution in [0, 0.1) is 10.1 Å². The fourth-order valence-electron chi connectivity index (χ4n) is 2.30. The minimum atomic E-state index is -0.595. The maximum atomic E-state index is 11.5. The molecule has 0 spiro atoms. The van der Waals surface area contributed by atoms with Crippen molar-refractivity contribution in [1.29, 1.82) is 0 Å². The Labute approximate surface area is 136 Å². The molecule has 0 fully saturated rings. The Balaban J connectivity index is 1.88. The number of esters is 1. The molecule has 0 saturated carbocycles. The number of rotatable bonds is 3. The van der Waals surface area contributed by atoms with Gasteiger partial charge < -0.3 is 9.47 Å². The average molecular weight is 335 g/mol. The van der Waals surface area contributed by atoms with Crippen molar-refractivity contribution in [2.24, 2.45) is 0 Å². The van der Waals surface area contributed by atoms with Crippen molar-refractivity contribution in [1.82, 2.24) is 4.98 Å². The van der Waals surface area contributed by atoms with Gasteiger partial charge in [-0.15, -0.1) is 0 Å². The van der Waals surface area contributed by atoms with Crippen LogP contribution in [0.2, 0.25) is 5.02 Å². The molecule has 8 heteroatoms. The molecule has 1 aliphatic heterocycles. The molecule has 2 heterocycles. The van der Waals surface area contributed by atoms with E-state index in [1.165, 1.54) is 0 Å². The van der Waals surface area contributed by atoms with Gasteiger partial charge in [0.05, 0.1) is 11.3 Å². The van der Waals surface area contributed by atoms with Crippen LogP contribution in [0.25, 0.3) is 0 Å². The molecule has 3 rings (SSSR count). The summed E-state index contributed by atoms with van der Waals surface area (Å²) in [7, 11) is 0. The highest BCUT2D eigenvalue weighted by Gasteiger charge is 2.24. The first kappa shape index (κ1) is 15.2. The molecular weight excluding hydrogens is 324 g/mol. The molecule has 0 saturated heterocycles. The van der Waals surface area contributed by atoms with Crippen LogP contribution < -0.4 is 9.47 Å². The van der Waals surface area contributed by atoms with Crippen LogP contribution >= 0.6 is 11.6 Å². The first-order valence-electron chi connectivity index (χ1n) is 6.76. The third-order valence-corrected chi connectivity index (χ3v) is 3.70. The Kier molecular flexibility index (Phi) is 3.87. The van der Waals surface area contributed by atoms with Gasteiger partial charge in [-0.3, -0.25) is 14.9 Å². The Morgan fingerprint density at radius 3 is 2.91 bits per heavy atom. The molecule has 7 nitrogen and oxygen atoms in total. The lowest BCUT2D eigenvalue weighted by molar-refractivity contribution is -0.385. The number of halogens is 1. The molecule has 0 bridgehead atoms. The first-order chi connectivity index (χ1) is 10.9. The van der Waals surface area contributed by atoms with Crippen molar-refractivity contribution in [3.8, 4) is 17.4 Å². The van der Waals surface area contributed by atoms with E-state index in [0.29, 0.717) is 17.9 Å². The first-order valence-corrected chi connectivity index (χ1v) is 7.14. The molecular formula is C15H11ClN2O5. The van der Waals surface area contributed by atoms with E-state index in [-0.39, 0.29) is 28.5 Å². The molecule has 0 N–H and O–H groups in total. The molecule has 0 radical (unpaired) electrons. The van der Waals surface area contributed by atoms with Crippen LogP contribution in [-0.4, -0.2) is 15.9 Å². The predicted octanol–water partition coefficient (Wildman–Crippen LogP) is 3.85. The smallest absolute Gasteiger partial charge is 0.311 e. The summed E-state index contributed by atoms with van der Waals surface area (Å²) in [5.41, 5.74) is 0.690. The molecule has 1 unspecified atom stereocenters. The zero-order valence-corrected chi connectivity index (χ0v) is 12.7. The van der Waals surface area contributed by atoms with Crippen LogP contribution in [0.15, 0.2) is 30.5 Å². The monoisotopic (exact) mass is 334 g/mol. The summed E-state index contributed by atoms with van der Waals surface area (Å²) in [4.78, 5) is 25.4. The lowest BCUT2D eigenvalue weighted by atomic mass is 9.95. The van der Waals surface area contributed by atoms with Gasteiger partial charge in [-0.1, -0.05) is 24.6 Å². The molecule has 1 aromatic carbocycles. The number of hydrogen-bond acceptors (Lipinski definition) is 6. The number of carbonyl (C=O) groups is 1. The SMILES string of the molecule is CC1CC(=O)Oc2cc(Oc3ncc([N+](=O)[O-])cc3Cl)ccc21. The maximum absolute atomic E-state index is 11.5. The average Bonchev–Trinajstić information content (AvgIpc) is 2.48. The number of aromatic nitrogens is 1. The van der Waals surface area contributed by atoms with E-state index in [9.17, 15) is 14.9 Å². The van der Waals surface area contributed by atoms with Crippen molar-refractivity contribution >= 4 is 23.3 Å². The predicted molar refractivity (Wildman–Crippen MR) is 81.1 cm³/mol. The van der Waals surface area contributed by atoms with Gasteiger partial charge in [-0.25, -0.2) is 4.98 Å². The van der Waals surface area contributed by atoms with E-state index in [1.54, 1.807) is 18.2 Å². The van der Waals surface area contributed by atoms with Crippen molar-refractivity contribution in [3.63, 3.8) is 0 Å². The second-order valence-electron chi connectivity index (χ2n) is 5.12. The van der Waals surface area contributed by atoms with E-state index >= 15 is 0 Å². The normalized spacial score (nSPS) is 16.4. The van der Waals surface area contributed by atoms with Gasteiger partial charge in [0.15, 0.2) is 0 Å². The number of nitro groups is 1. The van der Waals surface area contributed by atoms with E-state index in [2.05, 4.69) is 4.98 Å². The van der Waals surface area contributed by atoms with Crippen molar-refractivity contribution in [3.05, 3.63) is 51.2 Å². The fraction of sp³-hybridized carbons (Fsp3) is 0.200. The standard InChI is InChI=1S/C15H11ClN2O5/c1-8-4-14(19)23-13-6-10(2-3-11(8)13)22-15-12(16)5-9(7-17-15)18(20)21/h2-3,5-8H,4H2,1H3. The Morgan fingerprint density at radius 1 is 1.43 bits per heavy atom. The molecule has 23 heavy (non-hydrogen) atoms. The maximum Gasteiger partial charge on any atom is 0.311 e. The van der Waals surface area contributed by atoms with Gasteiger partial charge in [0.2, 0.25) is 5.88 Å². The molecule has 1 aromatic heterocycles. The van der Waals surface area contributed by atoms with Crippen LogP contribution in [0.5, 0.6) is 17.4 Å². The van der Waals surface area contributed by atoms with Crippen molar-refractivity contribution in [2.75, 3.05) is 0 Å². The lowest BCUT2D eigenvalue weighted by Gasteiger charge is -2.21. The molecule has 1 aliphatic rings. The third kappa shape index (κ3) is 3.09. The largest absolute Gasteiger partial charge is 0.437 e. The van der Waals surface area contributed by atoms with E-state index in [0.717, 1.165) is 17.8 Å². The fourth-order valence-corrected chi connectivity index (χ4v) is 2.50. The number of nitrogens with zero attached hydrogens (tertiary/aromatic N) is 2. The highest BCUT2D eigenvalue weighted by molar-refractivity contribution is 6.32. The molecule has 0 amide bonds. The van der Waals surface area contributed by atoms with Crippen LogP contribution in [0.4, 0.5) is 5.69 Å². The summed E-state index contributed by atoms with van der Waals surface area (Å²) in [5.74, 6) is 0.612. The second-order valence-corrected chi connectivity index (χ2v) is 5.53. The van der Waals surface area contributed by atoms with Crippen LogP contribution in [0.3, 0.4) is 0 Å². The molecule has 0 aliphatic carbocycles. The molecule has 118 valence electrons. The number of pyridine rings is 1. The van der Waals surface area contributed by atoms with Crippen LogP contribution in [-0.2, 0) is 4.79 Å². The summed E-state index contributed by atoms with van der Waals surface area (Å²) >= 11 is 5.94. The minimum Gasteiger partial charge on any atom is -0.437 e. The quantitative estimate of drug-likeness (QED) is 0.366.